The molecule has 1 atom stereocenters. The molecule has 24 heavy (non-hydrogen) atoms. The lowest BCUT2D eigenvalue weighted by atomic mass is 9.92. The van der Waals surface area contributed by atoms with Gasteiger partial charge in [0.25, 0.3) is 0 Å². The maximum atomic E-state index is 12.3. The highest BCUT2D eigenvalue weighted by Gasteiger charge is 2.38. The van der Waals surface area contributed by atoms with Gasteiger partial charge in [0.1, 0.15) is 6.04 Å². The van der Waals surface area contributed by atoms with Crippen LogP contribution in [0.1, 0.15) is 31.2 Å². The third-order valence-electron chi connectivity index (χ3n) is 4.78. The highest BCUT2D eigenvalue weighted by Crippen LogP contribution is 2.28. The second kappa shape index (κ2) is 7.51. The molecule has 0 spiro atoms. The number of hydrogen-bond acceptors (Lipinski definition) is 4. The molecular weight excluding hydrogens is 308 g/mol. The quantitative estimate of drug-likeness (QED) is 0.817. The number of amides is 3. The zero-order chi connectivity index (χ0) is 16.9. The Morgan fingerprint density at radius 2 is 2.25 bits per heavy atom. The van der Waals surface area contributed by atoms with Gasteiger partial charge in [-0.25, -0.2) is 9.78 Å². The summed E-state index contributed by atoms with van der Waals surface area (Å²) in [5, 5.41) is 5.59. The molecule has 0 aromatic carbocycles. The van der Waals surface area contributed by atoms with Gasteiger partial charge in [-0.05, 0) is 38.2 Å². The first kappa shape index (κ1) is 16.5. The summed E-state index contributed by atoms with van der Waals surface area (Å²) >= 11 is 0. The van der Waals surface area contributed by atoms with Crippen molar-refractivity contribution in [2.75, 3.05) is 20.2 Å². The highest BCUT2D eigenvalue weighted by atomic mass is 16.5. The number of nitrogens with zero attached hydrogens (tertiary/aromatic N) is 2. The van der Waals surface area contributed by atoms with E-state index in [-0.39, 0.29) is 11.9 Å². The van der Waals surface area contributed by atoms with E-state index in [1.54, 1.807) is 13.3 Å². The summed E-state index contributed by atoms with van der Waals surface area (Å²) in [5.41, 5.74) is 0.938. The van der Waals surface area contributed by atoms with Crippen molar-refractivity contribution in [1.29, 1.82) is 0 Å². The van der Waals surface area contributed by atoms with E-state index < -0.39 is 6.04 Å². The number of carbonyl (C=O) groups excluding carboxylic acids is 2. The van der Waals surface area contributed by atoms with Crippen LogP contribution in [0.4, 0.5) is 4.79 Å². The van der Waals surface area contributed by atoms with Crippen molar-refractivity contribution in [1.82, 2.24) is 20.5 Å². The number of hydrogen-bond donors (Lipinski definition) is 2. The highest BCUT2D eigenvalue weighted by molar-refractivity contribution is 5.88. The Bertz CT molecular complexity index is 603. The molecule has 130 valence electrons. The molecule has 3 amide bonds. The predicted molar refractivity (Wildman–Crippen MR) is 88.8 cm³/mol. The molecular formula is C17H24N4O3. The summed E-state index contributed by atoms with van der Waals surface area (Å²) in [6.07, 6.45) is 6.37. The maximum Gasteiger partial charge on any atom is 0.315 e. The van der Waals surface area contributed by atoms with Crippen LogP contribution in [-0.4, -0.2) is 54.1 Å². The van der Waals surface area contributed by atoms with Crippen molar-refractivity contribution in [3.63, 3.8) is 0 Å². The van der Waals surface area contributed by atoms with Crippen LogP contribution in [0.15, 0.2) is 18.3 Å². The van der Waals surface area contributed by atoms with Gasteiger partial charge in [0.05, 0.1) is 7.11 Å². The van der Waals surface area contributed by atoms with Crippen LogP contribution in [0, 0.1) is 0 Å². The molecule has 1 aliphatic carbocycles. The molecule has 2 aliphatic rings. The fourth-order valence-electron chi connectivity index (χ4n) is 3.21. The molecule has 7 nitrogen and oxygen atoms in total. The second-order valence-electron chi connectivity index (χ2n) is 6.28. The van der Waals surface area contributed by atoms with Crippen LogP contribution >= 0.6 is 0 Å². The molecule has 3 rings (SSSR count). The maximum absolute atomic E-state index is 12.3. The number of methoxy groups -OCH3 is 1. The van der Waals surface area contributed by atoms with Crippen LogP contribution in [0.3, 0.4) is 0 Å². The number of carbonyl (C=O) groups is 2. The van der Waals surface area contributed by atoms with E-state index >= 15 is 0 Å². The smallest absolute Gasteiger partial charge is 0.315 e. The molecule has 2 fully saturated rings. The summed E-state index contributed by atoms with van der Waals surface area (Å²) in [4.78, 5) is 30.4. The number of nitrogens with one attached hydrogen (secondary N) is 2. The molecule has 1 unspecified atom stereocenters. The van der Waals surface area contributed by atoms with Crippen molar-refractivity contribution in [2.24, 2.45) is 0 Å². The Morgan fingerprint density at radius 3 is 2.96 bits per heavy atom. The number of urea groups is 1. The predicted octanol–water partition coefficient (Wildman–Crippen LogP) is 1.09. The Balaban J connectivity index is 1.42. The molecule has 0 bridgehead atoms. The summed E-state index contributed by atoms with van der Waals surface area (Å²) in [7, 11) is 1.57. The van der Waals surface area contributed by atoms with Crippen molar-refractivity contribution < 1.29 is 14.3 Å². The lowest BCUT2D eigenvalue weighted by Gasteiger charge is -2.34. The Morgan fingerprint density at radius 1 is 1.42 bits per heavy atom. The molecule has 2 N–H and O–H groups in total. The average Bonchev–Trinajstić information content (AvgIpc) is 2.87. The van der Waals surface area contributed by atoms with Gasteiger partial charge in [0.15, 0.2) is 0 Å². The van der Waals surface area contributed by atoms with Crippen LogP contribution in [0.25, 0.3) is 0 Å². The second-order valence-corrected chi connectivity index (χ2v) is 6.28. The van der Waals surface area contributed by atoms with E-state index in [1.165, 1.54) is 6.42 Å². The zero-order valence-electron chi connectivity index (χ0n) is 14.0. The van der Waals surface area contributed by atoms with Crippen molar-refractivity contribution in [3.8, 4) is 5.88 Å². The first-order valence-corrected chi connectivity index (χ1v) is 8.52. The zero-order valence-corrected chi connectivity index (χ0v) is 14.0. The van der Waals surface area contributed by atoms with Crippen LogP contribution in [0.5, 0.6) is 5.88 Å². The van der Waals surface area contributed by atoms with Gasteiger partial charge in [0.2, 0.25) is 11.8 Å². The Hall–Kier alpha value is -2.31. The van der Waals surface area contributed by atoms with Crippen LogP contribution in [-0.2, 0) is 11.2 Å². The van der Waals surface area contributed by atoms with Gasteiger partial charge < -0.3 is 20.3 Å². The van der Waals surface area contributed by atoms with Gasteiger partial charge in [-0.15, -0.1) is 0 Å². The Kier molecular flexibility index (Phi) is 5.17. The minimum absolute atomic E-state index is 0.0591. The molecule has 1 aliphatic heterocycles. The normalized spacial score (nSPS) is 20.6. The number of pyridine rings is 1. The third kappa shape index (κ3) is 3.60. The fourth-order valence-corrected chi connectivity index (χ4v) is 3.21. The van der Waals surface area contributed by atoms with Crippen molar-refractivity contribution in [3.05, 3.63) is 23.9 Å². The van der Waals surface area contributed by atoms with Crippen molar-refractivity contribution >= 4 is 11.9 Å². The average molecular weight is 332 g/mol. The monoisotopic (exact) mass is 332 g/mol. The van der Waals surface area contributed by atoms with E-state index in [0.717, 1.165) is 24.9 Å². The fraction of sp³-hybridized carbons (Fsp3) is 0.588. The first-order valence-electron chi connectivity index (χ1n) is 8.52. The lowest BCUT2D eigenvalue weighted by Crippen LogP contribution is -2.49. The summed E-state index contributed by atoms with van der Waals surface area (Å²) in [6, 6.07) is 3.46. The summed E-state index contributed by atoms with van der Waals surface area (Å²) in [5.74, 6) is 0.630. The van der Waals surface area contributed by atoms with Crippen LogP contribution < -0.4 is 15.4 Å². The largest absolute Gasteiger partial charge is 0.481 e. The van der Waals surface area contributed by atoms with E-state index in [4.69, 9.17) is 4.74 Å². The molecule has 1 aromatic heterocycles. The Labute approximate surface area is 141 Å². The molecule has 7 heteroatoms. The van der Waals surface area contributed by atoms with Crippen molar-refractivity contribution in [2.45, 2.75) is 44.2 Å². The van der Waals surface area contributed by atoms with Gasteiger partial charge in [-0.3, -0.25) is 4.79 Å². The number of aromatic nitrogens is 1. The number of likely N-dealkylation sites (tertiary alicyclic amines) is 1. The summed E-state index contributed by atoms with van der Waals surface area (Å²) in [6.45, 7) is 1.21. The number of ether oxygens (including phenoxy) is 1. The topological polar surface area (TPSA) is 83.6 Å². The lowest BCUT2D eigenvalue weighted by molar-refractivity contribution is -0.132. The van der Waals surface area contributed by atoms with E-state index in [0.29, 0.717) is 31.3 Å². The SMILES string of the molecule is COc1ncccc1CCNC(=O)NC1CCN(C2CCC2)C1=O. The van der Waals surface area contributed by atoms with Gasteiger partial charge in [-0.1, -0.05) is 6.07 Å². The van der Waals surface area contributed by atoms with E-state index in [1.807, 2.05) is 17.0 Å². The van der Waals surface area contributed by atoms with Gasteiger partial charge >= 0.3 is 6.03 Å². The standard InChI is InChI=1S/C17H24N4O3/c1-24-15-12(4-3-9-18-15)7-10-19-17(23)20-14-8-11-21(16(14)22)13-5-2-6-13/h3-4,9,13-14H,2,5-8,10-11H2,1H3,(H2,19,20,23). The molecule has 1 saturated carbocycles. The van der Waals surface area contributed by atoms with Crippen LogP contribution in [0.2, 0.25) is 0 Å². The molecule has 1 aromatic rings. The summed E-state index contributed by atoms with van der Waals surface area (Å²) < 4.78 is 5.19. The van der Waals surface area contributed by atoms with E-state index in [9.17, 15) is 9.59 Å². The minimum atomic E-state index is -0.390. The molecule has 0 radical (unpaired) electrons. The third-order valence-corrected chi connectivity index (χ3v) is 4.78. The number of rotatable bonds is 6. The molecule has 1 saturated heterocycles. The van der Waals surface area contributed by atoms with Gasteiger partial charge in [-0.2, -0.15) is 0 Å². The van der Waals surface area contributed by atoms with Gasteiger partial charge in [0, 0.05) is 30.9 Å². The first-order chi connectivity index (χ1) is 11.7. The van der Waals surface area contributed by atoms with E-state index in [2.05, 4.69) is 15.6 Å². The minimum Gasteiger partial charge on any atom is -0.481 e. The molecule has 2 heterocycles.